The normalized spacial score (nSPS) is 19.5. The molecule has 2 aliphatic heterocycles. The number of allylic oxidation sites excluding steroid dienone is 5. The largest absolute Gasteiger partial charge is 0.358 e. The van der Waals surface area contributed by atoms with Crippen LogP contribution < -0.4 is 4.90 Å². The molecular formula is C22H30N3S+. The zero-order chi connectivity index (χ0) is 18.6. The Morgan fingerprint density at radius 2 is 1.85 bits per heavy atom. The highest BCUT2D eigenvalue weighted by molar-refractivity contribution is 8.00. The molecule has 26 heavy (non-hydrogen) atoms. The van der Waals surface area contributed by atoms with Crippen LogP contribution in [0, 0.1) is 0 Å². The van der Waals surface area contributed by atoms with E-state index in [2.05, 4.69) is 105 Å². The fourth-order valence-corrected chi connectivity index (χ4v) is 4.27. The van der Waals surface area contributed by atoms with Crippen LogP contribution in [0.25, 0.3) is 0 Å². The summed E-state index contributed by atoms with van der Waals surface area (Å²) in [7, 11) is 8.89. The first-order chi connectivity index (χ1) is 12.4. The predicted molar refractivity (Wildman–Crippen MR) is 114 cm³/mol. The van der Waals surface area contributed by atoms with Crippen molar-refractivity contribution in [2.75, 3.05) is 46.2 Å². The van der Waals surface area contributed by atoms with Gasteiger partial charge in [0.2, 0.25) is 0 Å². The van der Waals surface area contributed by atoms with Crippen molar-refractivity contribution in [3.8, 4) is 0 Å². The lowest BCUT2D eigenvalue weighted by Crippen LogP contribution is -2.36. The maximum Gasteiger partial charge on any atom is 0.0982 e. The molecule has 138 valence electrons. The van der Waals surface area contributed by atoms with Gasteiger partial charge in [0.15, 0.2) is 0 Å². The number of para-hydroxylation sites is 1. The SMILES string of the molecule is CN1c2ccccc2SC1C=CC=C1C=CN(CCC[N+](C)(C)C)C=C1. The Morgan fingerprint density at radius 3 is 2.54 bits per heavy atom. The molecule has 1 aromatic carbocycles. The first-order valence-corrected chi connectivity index (χ1v) is 10.1. The molecule has 0 fully saturated rings. The second kappa shape index (κ2) is 8.19. The van der Waals surface area contributed by atoms with E-state index < -0.39 is 0 Å². The summed E-state index contributed by atoms with van der Waals surface area (Å²) in [6.45, 7) is 2.27. The van der Waals surface area contributed by atoms with Crippen molar-refractivity contribution < 1.29 is 4.48 Å². The number of hydrogen-bond acceptors (Lipinski definition) is 3. The number of benzene rings is 1. The summed E-state index contributed by atoms with van der Waals surface area (Å²) in [6.07, 6.45) is 16.6. The molecule has 3 rings (SSSR count). The number of quaternary nitrogens is 1. The van der Waals surface area contributed by atoms with Crippen LogP contribution in [-0.2, 0) is 0 Å². The summed E-state index contributed by atoms with van der Waals surface area (Å²) in [6, 6.07) is 8.60. The van der Waals surface area contributed by atoms with Crippen molar-refractivity contribution in [2.24, 2.45) is 0 Å². The number of rotatable bonds is 6. The minimum atomic E-state index is 0.368. The van der Waals surface area contributed by atoms with E-state index in [4.69, 9.17) is 0 Å². The summed E-state index contributed by atoms with van der Waals surface area (Å²) < 4.78 is 1.02. The van der Waals surface area contributed by atoms with Crippen molar-refractivity contribution in [3.05, 3.63) is 72.6 Å². The molecular weight excluding hydrogens is 338 g/mol. The summed E-state index contributed by atoms with van der Waals surface area (Å²) in [5.41, 5.74) is 2.56. The Labute approximate surface area is 162 Å². The van der Waals surface area contributed by atoms with Crippen molar-refractivity contribution in [2.45, 2.75) is 16.7 Å². The molecule has 1 atom stereocenters. The fourth-order valence-electron chi connectivity index (χ4n) is 3.08. The van der Waals surface area contributed by atoms with Crippen LogP contribution in [0.1, 0.15) is 6.42 Å². The number of thioether (sulfide) groups is 1. The van der Waals surface area contributed by atoms with Gasteiger partial charge in [-0.2, -0.15) is 0 Å². The number of fused-ring (bicyclic) bond motifs is 1. The fraction of sp³-hybridized carbons (Fsp3) is 0.364. The van der Waals surface area contributed by atoms with Crippen molar-refractivity contribution in [3.63, 3.8) is 0 Å². The molecule has 2 aliphatic rings. The van der Waals surface area contributed by atoms with Crippen molar-refractivity contribution in [1.82, 2.24) is 4.90 Å². The third-order valence-electron chi connectivity index (χ3n) is 4.60. The molecule has 2 heterocycles. The van der Waals surface area contributed by atoms with Crippen LogP contribution in [-0.4, -0.2) is 56.0 Å². The minimum Gasteiger partial charge on any atom is -0.358 e. The molecule has 1 aromatic rings. The average molecular weight is 369 g/mol. The van der Waals surface area contributed by atoms with Gasteiger partial charge < -0.3 is 14.3 Å². The van der Waals surface area contributed by atoms with E-state index in [1.54, 1.807) is 0 Å². The quantitative estimate of drug-likeness (QED) is 0.684. The Morgan fingerprint density at radius 1 is 1.12 bits per heavy atom. The van der Waals surface area contributed by atoms with Gasteiger partial charge in [0.25, 0.3) is 0 Å². The van der Waals surface area contributed by atoms with Gasteiger partial charge in [-0.1, -0.05) is 42.1 Å². The van der Waals surface area contributed by atoms with Gasteiger partial charge in [-0.15, -0.1) is 0 Å². The van der Waals surface area contributed by atoms with E-state index in [1.807, 2.05) is 11.8 Å². The maximum absolute atomic E-state index is 2.33. The Bertz CT molecular complexity index is 724. The second-order valence-corrected chi connectivity index (χ2v) is 9.03. The summed E-state index contributed by atoms with van der Waals surface area (Å²) in [5.74, 6) is 0. The Kier molecular flexibility index (Phi) is 5.94. The summed E-state index contributed by atoms with van der Waals surface area (Å²) in [4.78, 5) is 5.96. The molecule has 0 aliphatic carbocycles. The summed E-state index contributed by atoms with van der Waals surface area (Å²) in [5, 5.41) is 0.368. The zero-order valence-electron chi connectivity index (χ0n) is 16.3. The van der Waals surface area contributed by atoms with Gasteiger partial charge in [-0.25, -0.2) is 0 Å². The van der Waals surface area contributed by atoms with E-state index in [0.717, 1.165) is 11.0 Å². The van der Waals surface area contributed by atoms with Crippen LogP contribution >= 0.6 is 11.8 Å². The first kappa shape index (κ1) is 18.9. The van der Waals surface area contributed by atoms with E-state index >= 15 is 0 Å². The standard InChI is InChI=1S/C22H30N3S/c1-23-20-10-5-6-11-21(20)26-22(23)12-7-9-19-13-16-24(17-14-19)15-8-18-25(2,3)4/h5-7,9-14,16-17,22H,8,15,18H2,1-4H3/q+1. The monoisotopic (exact) mass is 368 g/mol. The molecule has 0 bridgehead atoms. The van der Waals surface area contributed by atoms with Crippen LogP contribution in [0.2, 0.25) is 0 Å². The van der Waals surface area contributed by atoms with E-state index in [9.17, 15) is 0 Å². The molecule has 0 spiro atoms. The minimum absolute atomic E-state index is 0.368. The lowest BCUT2D eigenvalue weighted by atomic mass is 10.2. The van der Waals surface area contributed by atoms with Crippen LogP contribution in [0.15, 0.2) is 77.5 Å². The summed E-state index contributed by atoms with van der Waals surface area (Å²) >= 11 is 1.91. The third-order valence-corrected chi connectivity index (χ3v) is 5.92. The number of nitrogens with zero attached hydrogens (tertiary/aromatic N) is 3. The topological polar surface area (TPSA) is 6.48 Å². The molecule has 0 N–H and O–H groups in total. The average Bonchev–Trinajstić information content (AvgIpc) is 2.92. The molecule has 0 aromatic heterocycles. The van der Waals surface area contributed by atoms with E-state index in [-0.39, 0.29) is 0 Å². The Hall–Kier alpha value is -1.91. The molecule has 1 unspecified atom stereocenters. The van der Waals surface area contributed by atoms with Gasteiger partial charge in [0.05, 0.1) is 38.7 Å². The highest BCUT2D eigenvalue weighted by Crippen LogP contribution is 2.42. The number of likely N-dealkylation sites (N-methyl/N-ethyl adjacent to an activating group) is 1. The lowest BCUT2D eigenvalue weighted by molar-refractivity contribution is -0.870. The zero-order valence-corrected chi connectivity index (χ0v) is 17.1. The molecule has 4 heteroatoms. The number of anilines is 1. The second-order valence-electron chi connectivity index (χ2n) is 7.88. The van der Waals surface area contributed by atoms with Gasteiger partial charge in [-0.3, -0.25) is 0 Å². The van der Waals surface area contributed by atoms with E-state index in [1.165, 1.54) is 29.1 Å². The van der Waals surface area contributed by atoms with Crippen LogP contribution in [0.3, 0.4) is 0 Å². The van der Waals surface area contributed by atoms with Crippen molar-refractivity contribution >= 4 is 17.4 Å². The molecule has 3 nitrogen and oxygen atoms in total. The molecule has 0 saturated carbocycles. The van der Waals surface area contributed by atoms with Crippen molar-refractivity contribution in [1.29, 1.82) is 0 Å². The Balaban J connectivity index is 1.49. The molecule has 0 amide bonds. The smallest absolute Gasteiger partial charge is 0.0982 e. The third kappa shape index (κ3) is 5.05. The lowest BCUT2D eigenvalue weighted by Gasteiger charge is -2.25. The van der Waals surface area contributed by atoms with Gasteiger partial charge in [0.1, 0.15) is 0 Å². The predicted octanol–water partition coefficient (Wildman–Crippen LogP) is 4.48. The molecule has 0 radical (unpaired) electrons. The van der Waals surface area contributed by atoms with Gasteiger partial charge >= 0.3 is 0 Å². The highest BCUT2D eigenvalue weighted by Gasteiger charge is 2.24. The van der Waals surface area contributed by atoms with Gasteiger partial charge in [-0.05, 0) is 29.9 Å². The van der Waals surface area contributed by atoms with Gasteiger partial charge in [0, 0.05) is 37.3 Å². The molecule has 0 saturated heterocycles. The maximum atomic E-state index is 2.33. The van der Waals surface area contributed by atoms with E-state index in [0.29, 0.717) is 5.37 Å². The number of hydrogen-bond donors (Lipinski definition) is 0. The first-order valence-electron chi connectivity index (χ1n) is 9.22. The highest BCUT2D eigenvalue weighted by atomic mass is 32.2. The van der Waals surface area contributed by atoms with Crippen LogP contribution in [0.4, 0.5) is 5.69 Å². The van der Waals surface area contributed by atoms with Crippen LogP contribution in [0.5, 0.6) is 0 Å².